The molecule has 1 fully saturated rings. The lowest BCUT2D eigenvalue weighted by Crippen LogP contribution is -2.41. The molecule has 2 heterocycles. The number of imide groups is 1. The first kappa shape index (κ1) is 18.1. The molecule has 1 aliphatic heterocycles. The summed E-state index contributed by atoms with van der Waals surface area (Å²) in [5.41, 5.74) is 0.433. The fourth-order valence-electron chi connectivity index (χ4n) is 3.27. The molecule has 7 nitrogen and oxygen atoms in total. The normalized spacial score (nSPS) is 20.1. The second-order valence-electron chi connectivity index (χ2n) is 6.73. The van der Waals surface area contributed by atoms with Gasteiger partial charge in [0.15, 0.2) is 4.80 Å². The summed E-state index contributed by atoms with van der Waals surface area (Å²) in [6.45, 7) is 1.23. The van der Waals surface area contributed by atoms with Crippen molar-refractivity contribution in [1.29, 1.82) is 0 Å². The minimum atomic E-state index is -1.19. The highest BCUT2D eigenvalue weighted by Gasteiger charge is 2.49. The van der Waals surface area contributed by atoms with Gasteiger partial charge in [0, 0.05) is 7.05 Å². The van der Waals surface area contributed by atoms with Gasteiger partial charge in [-0.25, -0.2) is 4.79 Å². The van der Waals surface area contributed by atoms with Crippen molar-refractivity contribution in [3.8, 4) is 0 Å². The van der Waals surface area contributed by atoms with Gasteiger partial charge < -0.3 is 9.88 Å². The maximum atomic E-state index is 12.9. The number of aromatic nitrogens is 1. The van der Waals surface area contributed by atoms with E-state index in [1.54, 1.807) is 31.2 Å². The smallest absolute Gasteiger partial charge is 0.319 e. The van der Waals surface area contributed by atoms with Crippen LogP contribution in [0.2, 0.25) is 0 Å². The van der Waals surface area contributed by atoms with E-state index in [1.165, 1.54) is 11.3 Å². The van der Waals surface area contributed by atoms with Crippen LogP contribution in [0.1, 0.15) is 12.5 Å². The number of rotatable bonds is 3. The molecule has 0 radical (unpaired) electrons. The van der Waals surface area contributed by atoms with Crippen LogP contribution in [0.25, 0.3) is 10.2 Å². The van der Waals surface area contributed by atoms with Crippen LogP contribution in [0.5, 0.6) is 0 Å². The number of carbonyl (C=O) groups excluding carboxylic acids is 3. The average molecular weight is 394 g/mol. The molecule has 28 heavy (non-hydrogen) atoms. The van der Waals surface area contributed by atoms with Gasteiger partial charge in [0.05, 0.1) is 10.2 Å². The maximum Gasteiger partial charge on any atom is 0.325 e. The molecule has 1 N–H and O–H groups in total. The van der Waals surface area contributed by atoms with E-state index >= 15 is 0 Å². The third-order valence-corrected chi connectivity index (χ3v) is 5.97. The van der Waals surface area contributed by atoms with Crippen LogP contribution in [0.3, 0.4) is 0 Å². The lowest BCUT2D eigenvalue weighted by molar-refractivity contribution is -0.134. The number of hydrogen-bond donors (Lipinski definition) is 1. The Morgan fingerprint density at radius 3 is 2.50 bits per heavy atom. The fourth-order valence-corrected chi connectivity index (χ4v) is 4.31. The van der Waals surface area contributed by atoms with E-state index < -0.39 is 29.9 Å². The highest BCUT2D eigenvalue weighted by Crippen LogP contribution is 2.28. The third kappa shape index (κ3) is 2.91. The van der Waals surface area contributed by atoms with Crippen LogP contribution >= 0.6 is 11.3 Å². The lowest BCUT2D eigenvalue weighted by Gasteiger charge is -2.21. The van der Waals surface area contributed by atoms with Crippen LogP contribution in [0, 0.1) is 0 Å². The molecule has 0 saturated carbocycles. The van der Waals surface area contributed by atoms with Gasteiger partial charge in [-0.15, -0.1) is 0 Å². The molecule has 2 aromatic carbocycles. The number of benzene rings is 2. The molecule has 1 aromatic heterocycles. The molecule has 1 aliphatic rings. The van der Waals surface area contributed by atoms with Crippen LogP contribution in [-0.2, 0) is 22.2 Å². The molecule has 1 atom stereocenters. The van der Waals surface area contributed by atoms with Gasteiger partial charge in [-0.3, -0.25) is 14.5 Å². The Kier molecular flexibility index (Phi) is 4.35. The van der Waals surface area contributed by atoms with Crippen molar-refractivity contribution in [2.45, 2.75) is 12.5 Å². The number of para-hydroxylation sites is 1. The van der Waals surface area contributed by atoms with Gasteiger partial charge in [-0.2, -0.15) is 4.99 Å². The predicted molar refractivity (Wildman–Crippen MR) is 105 cm³/mol. The van der Waals surface area contributed by atoms with E-state index in [1.807, 2.05) is 41.9 Å². The number of urea groups is 1. The Labute approximate surface area is 164 Å². The monoisotopic (exact) mass is 394 g/mol. The Balaban J connectivity index is 1.60. The van der Waals surface area contributed by atoms with Crippen molar-refractivity contribution >= 4 is 39.4 Å². The molecular weight excluding hydrogens is 376 g/mol. The summed E-state index contributed by atoms with van der Waals surface area (Å²) < 4.78 is 2.82. The van der Waals surface area contributed by atoms with E-state index in [0.717, 1.165) is 15.1 Å². The minimum absolute atomic E-state index is 0.401. The third-order valence-electron chi connectivity index (χ3n) is 4.85. The van der Waals surface area contributed by atoms with Crippen LogP contribution in [-0.4, -0.2) is 33.9 Å². The largest absolute Gasteiger partial charge is 0.325 e. The van der Waals surface area contributed by atoms with E-state index in [4.69, 9.17) is 0 Å². The predicted octanol–water partition coefficient (Wildman–Crippen LogP) is 2.13. The number of thiazole rings is 1. The molecule has 1 saturated heterocycles. The van der Waals surface area contributed by atoms with Crippen LogP contribution < -0.4 is 10.1 Å². The van der Waals surface area contributed by atoms with Gasteiger partial charge in [-0.1, -0.05) is 53.8 Å². The van der Waals surface area contributed by atoms with Gasteiger partial charge >= 0.3 is 6.03 Å². The number of fused-ring (bicyclic) bond motifs is 1. The van der Waals surface area contributed by atoms with Gasteiger partial charge in [0.2, 0.25) is 0 Å². The lowest BCUT2D eigenvalue weighted by atomic mass is 9.92. The zero-order valence-electron chi connectivity index (χ0n) is 15.4. The summed E-state index contributed by atoms with van der Waals surface area (Å²) in [5.74, 6) is -1.02. The van der Waals surface area contributed by atoms with Gasteiger partial charge in [0.1, 0.15) is 12.1 Å². The quantitative estimate of drug-likeness (QED) is 0.691. The zero-order chi connectivity index (χ0) is 19.9. The molecular formula is C20H18N4O3S. The van der Waals surface area contributed by atoms with Gasteiger partial charge in [-0.05, 0) is 24.6 Å². The molecule has 0 unspecified atom stereocenters. The molecule has 0 spiro atoms. The number of nitrogens with one attached hydrogen (secondary N) is 1. The summed E-state index contributed by atoms with van der Waals surface area (Å²) in [6.07, 6.45) is 0. The summed E-state index contributed by atoms with van der Waals surface area (Å²) in [7, 11) is 1.82. The Bertz CT molecular complexity index is 1160. The maximum absolute atomic E-state index is 12.9. The van der Waals surface area contributed by atoms with E-state index in [9.17, 15) is 14.4 Å². The molecule has 8 heteroatoms. The van der Waals surface area contributed by atoms with Crippen molar-refractivity contribution in [3.63, 3.8) is 0 Å². The SMILES string of the molecule is Cn1c(=NC(=O)CN2C(=O)N[C@@](C)(c3ccccc3)C2=O)sc2ccccc21. The average Bonchev–Trinajstić information content (AvgIpc) is 3.12. The van der Waals surface area contributed by atoms with Crippen molar-refractivity contribution in [2.75, 3.05) is 6.54 Å². The van der Waals surface area contributed by atoms with E-state index in [0.29, 0.717) is 10.4 Å². The first-order valence-electron chi connectivity index (χ1n) is 8.72. The number of aryl methyl sites for hydroxylation is 1. The molecule has 3 aromatic rings. The molecule has 142 valence electrons. The van der Waals surface area contributed by atoms with Crippen molar-refractivity contribution in [3.05, 3.63) is 65.0 Å². The number of hydrogen-bond acceptors (Lipinski definition) is 4. The molecule has 0 aliphatic carbocycles. The standard InChI is InChI=1S/C20H18N4O3S/c1-20(13-8-4-3-5-9-13)17(26)24(18(27)22-20)12-16(25)21-19-23(2)14-10-6-7-11-15(14)28-19/h3-11H,12H2,1-2H3,(H,22,27)/t20-/m0/s1. The summed E-state index contributed by atoms with van der Waals surface area (Å²) in [6, 6.07) is 16.1. The number of nitrogens with zero attached hydrogens (tertiary/aromatic N) is 3. The highest BCUT2D eigenvalue weighted by molar-refractivity contribution is 7.16. The van der Waals surface area contributed by atoms with Crippen LogP contribution in [0.15, 0.2) is 59.6 Å². The second kappa shape index (κ2) is 6.72. The summed E-state index contributed by atoms with van der Waals surface area (Å²) in [5, 5.41) is 2.69. The van der Waals surface area contributed by atoms with Crippen molar-refractivity contribution < 1.29 is 14.4 Å². The van der Waals surface area contributed by atoms with Crippen LogP contribution in [0.4, 0.5) is 4.79 Å². The zero-order valence-corrected chi connectivity index (χ0v) is 16.2. The van der Waals surface area contributed by atoms with Gasteiger partial charge in [0.25, 0.3) is 11.8 Å². The number of carbonyl (C=O) groups is 3. The van der Waals surface area contributed by atoms with E-state index in [2.05, 4.69) is 10.3 Å². The highest BCUT2D eigenvalue weighted by atomic mass is 32.1. The first-order chi connectivity index (χ1) is 13.4. The van der Waals surface area contributed by atoms with Crippen molar-refractivity contribution in [1.82, 2.24) is 14.8 Å². The van der Waals surface area contributed by atoms with E-state index in [-0.39, 0.29) is 0 Å². The molecule has 4 amide bonds. The topological polar surface area (TPSA) is 83.8 Å². The summed E-state index contributed by atoms with van der Waals surface area (Å²) in [4.78, 5) is 43.3. The van der Waals surface area contributed by atoms with Crippen molar-refractivity contribution in [2.24, 2.45) is 12.0 Å². The Morgan fingerprint density at radius 2 is 1.79 bits per heavy atom. The minimum Gasteiger partial charge on any atom is -0.319 e. The number of amides is 4. The fraction of sp³-hybridized carbons (Fsp3) is 0.200. The molecule has 4 rings (SSSR count). The Hall–Kier alpha value is -3.26. The second-order valence-corrected chi connectivity index (χ2v) is 7.74. The molecule has 0 bridgehead atoms. The Morgan fingerprint density at radius 1 is 1.11 bits per heavy atom. The first-order valence-corrected chi connectivity index (χ1v) is 9.53. The summed E-state index contributed by atoms with van der Waals surface area (Å²) >= 11 is 1.38.